The molecule has 28 heavy (non-hydrogen) atoms. The number of aliphatic imine (C=N–C) groups is 1. The SMILES string of the molecule is C/C=C/CN1C(N/N=C\C(Br)=C\c2ccccc2)=NC2C1C(=O)NC(=O)N2C. The molecule has 0 radical (unpaired) electrons. The van der Waals surface area contributed by atoms with Crippen molar-refractivity contribution in [3.8, 4) is 0 Å². The van der Waals surface area contributed by atoms with E-state index in [-0.39, 0.29) is 5.91 Å². The van der Waals surface area contributed by atoms with E-state index >= 15 is 0 Å². The van der Waals surface area contributed by atoms with Crippen LogP contribution in [0, 0.1) is 0 Å². The summed E-state index contributed by atoms with van der Waals surface area (Å²) in [6, 6.07) is 8.78. The Balaban J connectivity index is 1.76. The van der Waals surface area contributed by atoms with Crippen LogP contribution >= 0.6 is 15.9 Å². The lowest BCUT2D eigenvalue weighted by atomic mass is 10.1. The van der Waals surface area contributed by atoms with Crippen LogP contribution < -0.4 is 10.7 Å². The number of imide groups is 1. The maximum atomic E-state index is 12.4. The Hall–Kier alpha value is -2.94. The summed E-state index contributed by atoms with van der Waals surface area (Å²) in [5, 5.41) is 6.57. The van der Waals surface area contributed by atoms with Crippen LogP contribution in [-0.4, -0.2) is 59.7 Å². The van der Waals surface area contributed by atoms with Crippen molar-refractivity contribution >= 4 is 46.1 Å². The summed E-state index contributed by atoms with van der Waals surface area (Å²) in [5.74, 6) is 0.0633. The van der Waals surface area contributed by atoms with Crippen LogP contribution in [0.15, 0.2) is 57.1 Å². The van der Waals surface area contributed by atoms with Crippen molar-refractivity contribution in [2.75, 3.05) is 13.6 Å². The molecular formula is C19H21BrN6O2. The summed E-state index contributed by atoms with van der Waals surface area (Å²) in [4.78, 5) is 31.9. The van der Waals surface area contributed by atoms with Gasteiger partial charge < -0.3 is 9.80 Å². The number of urea groups is 1. The number of hydrazone groups is 1. The van der Waals surface area contributed by atoms with Crippen LogP contribution in [0.25, 0.3) is 6.08 Å². The number of nitrogens with zero attached hydrogens (tertiary/aromatic N) is 4. The molecule has 1 aromatic carbocycles. The zero-order chi connectivity index (χ0) is 20.1. The molecule has 1 aromatic rings. The van der Waals surface area contributed by atoms with Gasteiger partial charge in [-0.2, -0.15) is 5.10 Å². The molecule has 0 spiro atoms. The Bertz CT molecular complexity index is 864. The number of allylic oxidation sites excluding steroid dienone is 2. The number of hydrogen-bond acceptors (Lipinski definition) is 6. The first-order chi connectivity index (χ1) is 13.5. The zero-order valence-corrected chi connectivity index (χ0v) is 17.1. The van der Waals surface area contributed by atoms with E-state index in [1.807, 2.05) is 55.5 Å². The molecule has 2 aliphatic heterocycles. The third-order valence-corrected chi connectivity index (χ3v) is 4.79. The van der Waals surface area contributed by atoms with E-state index in [0.717, 1.165) is 10.0 Å². The Kier molecular flexibility index (Phi) is 6.25. The number of fused-ring (bicyclic) bond motifs is 1. The molecule has 2 heterocycles. The van der Waals surface area contributed by atoms with Gasteiger partial charge in [-0.15, -0.1) is 0 Å². The fourth-order valence-electron chi connectivity index (χ4n) is 2.94. The lowest BCUT2D eigenvalue weighted by molar-refractivity contribution is -0.126. The van der Waals surface area contributed by atoms with Crippen molar-refractivity contribution < 1.29 is 9.59 Å². The van der Waals surface area contributed by atoms with Crippen LogP contribution in [0.4, 0.5) is 4.79 Å². The van der Waals surface area contributed by atoms with Crippen molar-refractivity contribution in [1.29, 1.82) is 0 Å². The molecule has 2 atom stereocenters. The molecule has 2 unspecified atom stereocenters. The maximum Gasteiger partial charge on any atom is 0.325 e. The topological polar surface area (TPSA) is 89.4 Å². The van der Waals surface area contributed by atoms with E-state index in [1.165, 1.54) is 4.90 Å². The van der Waals surface area contributed by atoms with Gasteiger partial charge in [0.1, 0.15) is 0 Å². The standard InChI is InChI=1S/C19H21BrN6O2/c1-3-4-10-26-15-16(25(2)19(28)23-17(15)27)22-18(26)24-21-12-14(20)11-13-8-6-5-7-9-13/h3-9,11-12,15-16H,10H2,1-2H3,(H,22,24)(H,23,27,28)/b4-3+,14-11-,21-12-. The minimum atomic E-state index is -0.597. The molecule has 0 aliphatic carbocycles. The second-order valence-corrected chi connectivity index (χ2v) is 7.16. The van der Waals surface area contributed by atoms with Gasteiger partial charge in [-0.3, -0.25) is 10.1 Å². The summed E-state index contributed by atoms with van der Waals surface area (Å²) in [7, 11) is 1.61. The molecule has 3 amide bonds. The van der Waals surface area contributed by atoms with Crippen LogP contribution in [-0.2, 0) is 4.79 Å². The highest BCUT2D eigenvalue weighted by atomic mass is 79.9. The van der Waals surface area contributed by atoms with Gasteiger partial charge in [-0.05, 0) is 34.5 Å². The molecule has 3 rings (SSSR count). The number of halogens is 1. The summed E-state index contributed by atoms with van der Waals surface area (Å²) in [6.45, 7) is 2.37. The predicted octanol–water partition coefficient (Wildman–Crippen LogP) is 2.12. The van der Waals surface area contributed by atoms with Crippen LogP contribution in [0.5, 0.6) is 0 Å². The monoisotopic (exact) mass is 444 g/mol. The number of carbonyl (C=O) groups is 2. The number of carbonyl (C=O) groups excluding carboxylic acids is 2. The zero-order valence-electron chi connectivity index (χ0n) is 15.5. The van der Waals surface area contributed by atoms with E-state index in [9.17, 15) is 9.59 Å². The van der Waals surface area contributed by atoms with Crippen LogP contribution in [0.1, 0.15) is 12.5 Å². The molecule has 0 aromatic heterocycles. The average molecular weight is 445 g/mol. The van der Waals surface area contributed by atoms with Crippen molar-refractivity contribution in [2.45, 2.75) is 19.1 Å². The largest absolute Gasteiger partial charge is 0.325 e. The van der Waals surface area contributed by atoms with E-state index in [1.54, 1.807) is 18.2 Å². The third kappa shape index (κ3) is 4.30. The quantitative estimate of drug-likeness (QED) is 0.413. The number of guanidine groups is 1. The minimum Gasteiger partial charge on any atom is -0.322 e. The number of benzene rings is 1. The highest BCUT2D eigenvalue weighted by Gasteiger charge is 2.48. The van der Waals surface area contributed by atoms with Crippen molar-refractivity contribution in [2.24, 2.45) is 10.1 Å². The highest BCUT2D eigenvalue weighted by Crippen LogP contribution is 2.23. The van der Waals surface area contributed by atoms with Gasteiger partial charge in [0, 0.05) is 18.1 Å². The molecule has 0 bridgehead atoms. The summed E-state index contributed by atoms with van der Waals surface area (Å²) in [6.07, 6.45) is 6.76. The van der Waals surface area contributed by atoms with Gasteiger partial charge in [0.2, 0.25) is 5.96 Å². The average Bonchev–Trinajstić information content (AvgIpc) is 3.04. The number of amides is 3. The van der Waals surface area contributed by atoms with E-state index in [2.05, 4.69) is 36.8 Å². The highest BCUT2D eigenvalue weighted by molar-refractivity contribution is 9.12. The second-order valence-electron chi connectivity index (χ2n) is 6.25. The molecule has 8 nitrogen and oxygen atoms in total. The molecule has 2 aliphatic rings. The van der Waals surface area contributed by atoms with E-state index < -0.39 is 18.2 Å². The molecule has 1 saturated heterocycles. The van der Waals surface area contributed by atoms with Crippen molar-refractivity contribution in [3.05, 3.63) is 52.5 Å². The van der Waals surface area contributed by atoms with Crippen LogP contribution in [0.2, 0.25) is 0 Å². The van der Waals surface area contributed by atoms with Crippen molar-refractivity contribution in [1.82, 2.24) is 20.5 Å². The Labute approximate surface area is 171 Å². The molecule has 2 N–H and O–H groups in total. The molecule has 146 valence electrons. The number of hydrogen-bond donors (Lipinski definition) is 2. The van der Waals surface area contributed by atoms with Gasteiger partial charge in [0.15, 0.2) is 12.2 Å². The summed E-state index contributed by atoms with van der Waals surface area (Å²) >= 11 is 3.46. The fourth-order valence-corrected chi connectivity index (χ4v) is 3.30. The minimum absolute atomic E-state index is 0.368. The Morgan fingerprint density at radius 2 is 2.11 bits per heavy atom. The lowest BCUT2D eigenvalue weighted by Crippen LogP contribution is -2.64. The van der Waals surface area contributed by atoms with E-state index in [4.69, 9.17) is 0 Å². The fraction of sp³-hybridized carbons (Fsp3) is 0.263. The predicted molar refractivity (Wildman–Crippen MR) is 113 cm³/mol. The molecule has 9 heteroatoms. The van der Waals surface area contributed by atoms with Gasteiger partial charge in [0.25, 0.3) is 5.91 Å². The van der Waals surface area contributed by atoms with Gasteiger partial charge in [-0.1, -0.05) is 42.5 Å². The third-order valence-electron chi connectivity index (χ3n) is 4.36. The molecule has 0 saturated carbocycles. The summed E-state index contributed by atoms with van der Waals surface area (Å²) < 4.78 is 0.771. The number of likely N-dealkylation sites (N-methyl/N-ethyl adjacent to an activating group) is 1. The smallest absolute Gasteiger partial charge is 0.322 e. The lowest BCUT2D eigenvalue weighted by Gasteiger charge is -2.35. The van der Waals surface area contributed by atoms with Crippen molar-refractivity contribution in [3.63, 3.8) is 0 Å². The molecular weight excluding hydrogens is 424 g/mol. The first-order valence-electron chi connectivity index (χ1n) is 8.76. The maximum absolute atomic E-state index is 12.4. The van der Waals surface area contributed by atoms with Gasteiger partial charge >= 0.3 is 6.03 Å². The van der Waals surface area contributed by atoms with Crippen LogP contribution in [0.3, 0.4) is 0 Å². The van der Waals surface area contributed by atoms with Gasteiger partial charge in [-0.25, -0.2) is 15.2 Å². The summed E-state index contributed by atoms with van der Waals surface area (Å²) in [5.41, 5.74) is 3.93. The first-order valence-corrected chi connectivity index (χ1v) is 9.55. The van der Waals surface area contributed by atoms with Gasteiger partial charge in [0.05, 0.1) is 6.21 Å². The normalized spacial score (nSPS) is 22.7. The second kappa shape index (κ2) is 8.83. The Morgan fingerprint density at radius 3 is 2.82 bits per heavy atom. The molecule has 1 fully saturated rings. The number of nitrogens with one attached hydrogen (secondary N) is 2. The first kappa shape index (κ1) is 19.8. The number of rotatable bonds is 5. The Morgan fingerprint density at radius 1 is 1.36 bits per heavy atom. The van der Waals surface area contributed by atoms with E-state index in [0.29, 0.717) is 12.5 Å².